The van der Waals surface area contributed by atoms with E-state index in [0.717, 1.165) is 38.5 Å². The lowest BCUT2D eigenvalue weighted by Gasteiger charge is -2.55. The van der Waals surface area contributed by atoms with E-state index in [1.807, 2.05) is 0 Å². The number of nitrogens with zero attached hydrogens (tertiary/aromatic N) is 1. The van der Waals surface area contributed by atoms with Crippen LogP contribution >= 0.6 is 0 Å². The summed E-state index contributed by atoms with van der Waals surface area (Å²) in [7, 11) is 0. The van der Waals surface area contributed by atoms with Crippen molar-refractivity contribution in [2.45, 2.75) is 57.2 Å². The van der Waals surface area contributed by atoms with Crippen LogP contribution in [0.3, 0.4) is 0 Å². The monoisotopic (exact) mass is 450 g/mol. The molecular weight excluding hydrogens is 425 g/mol. The molecule has 0 spiro atoms. The van der Waals surface area contributed by atoms with Crippen molar-refractivity contribution >= 4 is 29.2 Å². The molecule has 4 aliphatic carbocycles. The van der Waals surface area contributed by atoms with Crippen molar-refractivity contribution in [3.8, 4) is 0 Å². The highest BCUT2D eigenvalue weighted by molar-refractivity contribution is 6.05. The lowest BCUT2D eigenvalue weighted by atomic mass is 9.49. The number of anilines is 2. The molecule has 5 aliphatic rings. The van der Waals surface area contributed by atoms with Crippen LogP contribution in [-0.2, 0) is 19.1 Å². The summed E-state index contributed by atoms with van der Waals surface area (Å²) in [5.41, 5.74) is -0.548. The van der Waals surface area contributed by atoms with E-state index in [4.69, 9.17) is 4.74 Å². The van der Waals surface area contributed by atoms with Crippen LogP contribution in [0.25, 0.3) is 0 Å². The molecule has 1 unspecified atom stereocenters. The molecule has 2 amide bonds. The molecule has 0 aromatic heterocycles. The summed E-state index contributed by atoms with van der Waals surface area (Å²) in [5.74, 6) is -0.808. The SMILES string of the molecule is O=C1CC(C(F)(F)F)N(C(=O)COC(=O)C23CC4CC(CC(C4)C2)C3)c2ccccc2N1. The van der Waals surface area contributed by atoms with Crippen LogP contribution in [0.5, 0.6) is 0 Å². The van der Waals surface area contributed by atoms with Crippen LogP contribution in [0.2, 0.25) is 0 Å². The topological polar surface area (TPSA) is 75.7 Å². The Morgan fingerprint density at radius 1 is 1.06 bits per heavy atom. The standard InChI is InChI=1S/C23H25F3N2O4/c24-23(25,26)18-8-19(29)27-16-3-1-2-4-17(16)28(18)20(30)12-32-21(31)22-9-13-5-14(10-22)7-15(6-13)11-22/h1-4,13-15,18H,5-12H2,(H,27,29). The van der Waals surface area contributed by atoms with E-state index in [9.17, 15) is 27.6 Å². The van der Waals surface area contributed by atoms with Crippen molar-refractivity contribution in [2.75, 3.05) is 16.8 Å². The van der Waals surface area contributed by atoms with Crippen molar-refractivity contribution in [3.05, 3.63) is 24.3 Å². The normalized spacial score (nSPS) is 33.3. The summed E-state index contributed by atoms with van der Waals surface area (Å²) >= 11 is 0. The van der Waals surface area contributed by atoms with Crippen LogP contribution in [0.4, 0.5) is 24.5 Å². The van der Waals surface area contributed by atoms with Crippen LogP contribution in [0.1, 0.15) is 44.9 Å². The lowest BCUT2D eigenvalue weighted by Crippen LogP contribution is -2.53. The second kappa shape index (κ2) is 7.49. The van der Waals surface area contributed by atoms with E-state index in [1.165, 1.54) is 18.2 Å². The highest BCUT2D eigenvalue weighted by Crippen LogP contribution is 2.60. The number of carbonyl (C=O) groups is 3. The average Bonchev–Trinajstić information content (AvgIpc) is 2.86. The number of rotatable bonds is 3. The Bertz CT molecular complexity index is 926. The first-order chi connectivity index (χ1) is 15.1. The van der Waals surface area contributed by atoms with E-state index in [-0.39, 0.29) is 11.4 Å². The minimum atomic E-state index is -4.83. The number of nitrogens with one attached hydrogen (secondary N) is 1. The number of amides is 2. The Morgan fingerprint density at radius 2 is 1.66 bits per heavy atom. The minimum Gasteiger partial charge on any atom is -0.455 e. The van der Waals surface area contributed by atoms with Crippen molar-refractivity contribution in [3.63, 3.8) is 0 Å². The molecule has 1 heterocycles. The molecule has 1 atom stereocenters. The van der Waals surface area contributed by atoms with Crippen molar-refractivity contribution in [2.24, 2.45) is 23.2 Å². The molecule has 4 saturated carbocycles. The molecule has 6 rings (SSSR count). The van der Waals surface area contributed by atoms with Gasteiger partial charge in [0.2, 0.25) is 5.91 Å². The van der Waals surface area contributed by atoms with E-state index in [1.54, 1.807) is 6.07 Å². The number of esters is 1. The first-order valence-electron chi connectivity index (χ1n) is 11.1. The first kappa shape index (κ1) is 21.3. The maximum absolute atomic E-state index is 13.8. The summed E-state index contributed by atoms with van der Waals surface area (Å²) in [6.07, 6.45) is -0.146. The van der Waals surface area contributed by atoms with Crippen molar-refractivity contribution < 1.29 is 32.3 Å². The Labute approximate surface area is 183 Å². The lowest BCUT2D eigenvalue weighted by molar-refractivity contribution is -0.174. The summed E-state index contributed by atoms with van der Waals surface area (Å²) in [5, 5.41) is 2.42. The third kappa shape index (κ3) is 3.65. The number of alkyl halides is 3. The van der Waals surface area contributed by atoms with Gasteiger partial charge in [-0.1, -0.05) is 12.1 Å². The molecule has 32 heavy (non-hydrogen) atoms. The molecule has 1 N–H and O–H groups in total. The van der Waals surface area contributed by atoms with Crippen LogP contribution in [-0.4, -0.2) is 36.6 Å². The van der Waals surface area contributed by atoms with Gasteiger partial charge in [0.1, 0.15) is 6.04 Å². The Kier molecular flexibility index (Phi) is 4.98. The van der Waals surface area contributed by atoms with Gasteiger partial charge in [0.05, 0.1) is 23.2 Å². The van der Waals surface area contributed by atoms with Gasteiger partial charge in [-0.2, -0.15) is 13.2 Å². The zero-order chi connectivity index (χ0) is 22.7. The fraction of sp³-hybridized carbons (Fsp3) is 0.609. The number of fused-ring (bicyclic) bond motifs is 1. The second-order valence-corrected chi connectivity index (χ2v) is 9.86. The highest BCUT2D eigenvalue weighted by atomic mass is 19.4. The van der Waals surface area contributed by atoms with E-state index >= 15 is 0 Å². The number of hydrogen-bond donors (Lipinski definition) is 1. The van der Waals surface area contributed by atoms with Crippen LogP contribution < -0.4 is 10.2 Å². The molecule has 4 bridgehead atoms. The number of hydrogen-bond acceptors (Lipinski definition) is 4. The quantitative estimate of drug-likeness (QED) is 0.705. The largest absolute Gasteiger partial charge is 0.455 e. The maximum Gasteiger partial charge on any atom is 0.409 e. The van der Waals surface area contributed by atoms with Crippen molar-refractivity contribution in [1.29, 1.82) is 0 Å². The predicted molar refractivity (Wildman–Crippen MR) is 109 cm³/mol. The maximum atomic E-state index is 13.8. The van der Waals surface area contributed by atoms with Gasteiger partial charge in [0.25, 0.3) is 5.91 Å². The number of carbonyl (C=O) groups excluding carboxylic acids is 3. The average molecular weight is 450 g/mol. The Morgan fingerprint density at radius 3 is 2.25 bits per heavy atom. The Hall–Kier alpha value is -2.58. The molecule has 172 valence electrons. The Balaban J connectivity index is 1.36. The van der Waals surface area contributed by atoms with Gasteiger partial charge in [-0.15, -0.1) is 0 Å². The van der Waals surface area contributed by atoms with E-state index < -0.39 is 48.4 Å². The fourth-order valence-corrected chi connectivity index (χ4v) is 6.71. The number of benzene rings is 1. The summed E-state index contributed by atoms with van der Waals surface area (Å²) < 4.78 is 46.8. The molecule has 1 aromatic carbocycles. The van der Waals surface area contributed by atoms with Crippen LogP contribution in [0.15, 0.2) is 24.3 Å². The molecule has 0 saturated heterocycles. The molecule has 1 aromatic rings. The number of para-hydroxylation sites is 2. The van der Waals surface area contributed by atoms with Gasteiger partial charge in [0.15, 0.2) is 6.61 Å². The molecular formula is C23H25F3N2O4. The number of halogens is 3. The zero-order valence-corrected chi connectivity index (χ0v) is 17.5. The van der Waals surface area contributed by atoms with Gasteiger partial charge in [-0.3, -0.25) is 19.3 Å². The van der Waals surface area contributed by atoms with E-state index in [2.05, 4.69) is 5.32 Å². The molecule has 6 nitrogen and oxygen atoms in total. The van der Waals surface area contributed by atoms with Gasteiger partial charge in [-0.05, 0) is 68.4 Å². The molecule has 0 radical (unpaired) electrons. The fourth-order valence-electron chi connectivity index (χ4n) is 6.71. The highest BCUT2D eigenvalue weighted by Gasteiger charge is 2.56. The molecule has 1 aliphatic heterocycles. The van der Waals surface area contributed by atoms with Gasteiger partial charge in [-0.25, -0.2) is 0 Å². The van der Waals surface area contributed by atoms with Gasteiger partial charge >= 0.3 is 12.1 Å². The number of ether oxygens (including phenoxy) is 1. The zero-order valence-electron chi connectivity index (χ0n) is 17.5. The third-order valence-electron chi connectivity index (χ3n) is 7.57. The van der Waals surface area contributed by atoms with Crippen molar-refractivity contribution in [1.82, 2.24) is 0 Å². The van der Waals surface area contributed by atoms with E-state index in [0.29, 0.717) is 22.7 Å². The first-order valence-corrected chi connectivity index (χ1v) is 11.1. The van der Waals surface area contributed by atoms with Gasteiger partial charge in [0, 0.05) is 0 Å². The van der Waals surface area contributed by atoms with Gasteiger partial charge < -0.3 is 10.1 Å². The van der Waals surface area contributed by atoms with Crippen LogP contribution in [0, 0.1) is 23.2 Å². The summed E-state index contributed by atoms with van der Waals surface area (Å²) in [4.78, 5) is 38.7. The minimum absolute atomic E-state index is 0.0588. The summed E-state index contributed by atoms with van der Waals surface area (Å²) in [6, 6.07) is 3.50. The molecule has 9 heteroatoms. The third-order valence-corrected chi connectivity index (χ3v) is 7.57. The summed E-state index contributed by atoms with van der Waals surface area (Å²) in [6.45, 7) is -0.782. The smallest absolute Gasteiger partial charge is 0.409 e. The second-order valence-electron chi connectivity index (χ2n) is 9.86. The predicted octanol–water partition coefficient (Wildman–Crippen LogP) is 4.05. The molecule has 4 fully saturated rings.